The van der Waals surface area contributed by atoms with Crippen LogP contribution in [-0.2, 0) is 4.79 Å². The van der Waals surface area contributed by atoms with Crippen molar-refractivity contribution in [3.63, 3.8) is 0 Å². The molecular weight excluding hydrogens is 265 g/mol. The van der Waals surface area contributed by atoms with Gasteiger partial charge in [-0.25, -0.2) is 0 Å². The van der Waals surface area contributed by atoms with E-state index in [1.807, 2.05) is 6.92 Å². The van der Waals surface area contributed by atoms with Crippen molar-refractivity contribution in [3.05, 3.63) is 0 Å². The van der Waals surface area contributed by atoms with Crippen molar-refractivity contribution >= 4 is 17.7 Å². The first-order chi connectivity index (χ1) is 8.44. The molecule has 0 radical (unpaired) electrons. The summed E-state index contributed by atoms with van der Waals surface area (Å²) >= 11 is -0.0660. The van der Waals surface area contributed by atoms with Gasteiger partial charge < -0.3 is 10.2 Å². The lowest BCUT2D eigenvalue weighted by molar-refractivity contribution is -0.135. The van der Waals surface area contributed by atoms with E-state index in [2.05, 4.69) is 5.32 Å². The minimum atomic E-state index is -4.21. The number of carbonyl (C=O) groups excluding carboxylic acids is 1. The lowest BCUT2D eigenvalue weighted by Crippen LogP contribution is -2.51. The van der Waals surface area contributed by atoms with E-state index in [4.69, 9.17) is 0 Å². The largest absolute Gasteiger partial charge is 0.441 e. The van der Waals surface area contributed by atoms with Gasteiger partial charge in [-0.05, 0) is 37.6 Å². The van der Waals surface area contributed by atoms with Crippen molar-refractivity contribution < 1.29 is 18.0 Å². The molecule has 1 atom stereocenters. The average molecular weight is 284 g/mol. The maximum Gasteiger partial charge on any atom is 0.441 e. The van der Waals surface area contributed by atoms with Crippen molar-refractivity contribution in [2.75, 3.05) is 25.4 Å². The van der Waals surface area contributed by atoms with Crippen molar-refractivity contribution in [1.29, 1.82) is 0 Å². The molecule has 1 fully saturated rings. The van der Waals surface area contributed by atoms with Gasteiger partial charge in [-0.2, -0.15) is 13.2 Å². The van der Waals surface area contributed by atoms with Gasteiger partial charge in [0.15, 0.2) is 0 Å². The third kappa shape index (κ3) is 5.48. The number of halogens is 3. The van der Waals surface area contributed by atoms with Crippen LogP contribution >= 0.6 is 11.8 Å². The molecule has 1 heterocycles. The van der Waals surface area contributed by atoms with Gasteiger partial charge in [0.1, 0.15) is 0 Å². The lowest BCUT2D eigenvalue weighted by Gasteiger charge is -2.32. The summed E-state index contributed by atoms with van der Waals surface area (Å²) in [4.78, 5) is 13.5. The molecule has 1 saturated heterocycles. The second-order valence-electron chi connectivity index (χ2n) is 4.27. The Morgan fingerprint density at radius 2 is 2.22 bits per heavy atom. The maximum atomic E-state index is 12.0. The molecule has 7 heteroatoms. The van der Waals surface area contributed by atoms with Gasteiger partial charge in [0.2, 0.25) is 5.91 Å². The van der Waals surface area contributed by atoms with Crippen LogP contribution in [0.4, 0.5) is 13.2 Å². The van der Waals surface area contributed by atoms with Crippen LogP contribution in [-0.4, -0.2) is 47.7 Å². The summed E-state index contributed by atoms with van der Waals surface area (Å²) in [5.41, 5.74) is -4.21. The minimum absolute atomic E-state index is 0.0579. The lowest BCUT2D eigenvalue weighted by atomic mass is 10.0. The van der Waals surface area contributed by atoms with Crippen LogP contribution in [0, 0.1) is 0 Å². The molecule has 1 amide bonds. The van der Waals surface area contributed by atoms with E-state index in [1.165, 1.54) is 4.90 Å². The average Bonchev–Trinajstić information content (AvgIpc) is 2.28. The summed E-state index contributed by atoms with van der Waals surface area (Å²) in [5, 5.41) is 3.14. The Kier molecular flexibility index (Phi) is 6.28. The van der Waals surface area contributed by atoms with Gasteiger partial charge in [-0.1, -0.05) is 6.92 Å². The number of alkyl halides is 3. The summed E-state index contributed by atoms with van der Waals surface area (Å²) in [6.07, 6.45) is 2.57. The Hall–Kier alpha value is -0.430. The highest BCUT2D eigenvalue weighted by molar-refractivity contribution is 8.00. The zero-order valence-electron chi connectivity index (χ0n) is 10.4. The van der Waals surface area contributed by atoms with E-state index in [9.17, 15) is 18.0 Å². The van der Waals surface area contributed by atoms with Gasteiger partial charge >= 0.3 is 5.51 Å². The van der Waals surface area contributed by atoms with Crippen molar-refractivity contribution in [3.8, 4) is 0 Å². The summed E-state index contributed by atoms with van der Waals surface area (Å²) in [7, 11) is 0. The number of carbonyl (C=O) groups is 1. The standard InChI is InChI=1S/C11H19F3N2OS/c1-2-5-15-9-4-3-6-16(10(9)17)7-8-18-11(12,13)14/h9,15H,2-8H2,1H3. The van der Waals surface area contributed by atoms with Crippen LogP contribution in [0.3, 0.4) is 0 Å². The molecule has 0 aromatic rings. The van der Waals surface area contributed by atoms with Crippen molar-refractivity contribution in [2.24, 2.45) is 0 Å². The summed E-state index contributed by atoms with van der Waals surface area (Å²) < 4.78 is 36.0. The van der Waals surface area contributed by atoms with E-state index in [1.54, 1.807) is 0 Å². The highest BCUT2D eigenvalue weighted by Crippen LogP contribution is 2.30. The summed E-state index contributed by atoms with van der Waals surface area (Å²) in [6.45, 7) is 3.52. The minimum Gasteiger partial charge on any atom is -0.341 e. The van der Waals surface area contributed by atoms with Crippen LogP contribution in [0.1, 0.15) is 26.2 Å². The summed E-state index contributed by atoms with van der Waals surface area (Å²) in [6, 6.07) is -0.213. The molecule has 106 valence electrons. The predicted molar refractivity (Wildman–Crippen MR) is 66.4 cm³/mol. The molecule has 1 unspecified atom stereocenters. The number of likely N-dealkylation sites (tertiary alicyclic amines) is 1. The van der Waals surface area contributed by atoms with E-state index in [0.717, 1.165) is 25.8 Å². The Morgan fingerprint density at radius 1 is 1.50 bits per heavy atom. The number of piperidine rings is 1. The molecule has 1 aliphatic rings. The molecular formula is C11H19F3N2OS. The number of nitrogens with one attached hydrogen (secondary N) is 1. The van der Waals surface area contributed by atoms with Gasteiger partial charge in [0, 0.05) is 18.8 Å². The first-order valence-electron chi connectivity index (χ1n) is 6.17. The molecule has 0 aromatic heterocycles. The number of nitrogens with zero attached hydrogens (tertiary/aromatic N) is 1. The maximum absolute atomic E-state index is 12.0. The van der Waals surface area contributed by atoms with Crippen LogP contribution in [0.25, 0.3) is 0 Å². The molecule has 1 rings (SSSR count). The predicted octanol–water partition coefficient (Wildman–Crippen LogP) is 2.23. The van der Waals surface area contributed by atoms with E-state index >= 15 is 0 Å². The number of hydrogen-bond donors (Lipinski definition) is 1. The van der Waals surface area contributed by atoms with E-state index in [-0.39, 0.29) is 36.0 Å². The fourth-order valence-electron chi connectivity index (χ4n) is 1.94. The Morgan fingerprint density at radius 3 is 2.83 bits per heavy atom. The number of hydrogen-bond acceptors (Lipinski definition) is 3. The monoisotopic (exact) mass is 284 g/mol. The molecule has 0 saturated carbocycles. The Balaban J connectivity index is 2.34. The topological polar surface area (TPSA) is 32.3 Å². The van der Waals surface area contributed by atoms with Gasteiger partial charge in [0.05, 0.1) is 6.04 Å². The zero-order chi connectivity index (χ0) is 13.6. The molecule has 0 spiro atoms. The molecule has 1 aliphatic heterocycles. The van der Waals surface area contributed by atoms with E-state index < -0.39 is 5.51 Å². The quantitative estimate of drug-likeness (QED) is 0.812. The zero-order valence-corrected chi connectivity index (χ0v) is 11.2. The third-order valence-electron chi connectivity index (χ3n) is 2.80. The number of thioether (sulfide) groups is 1. The Bertz CT molecular complexity index is 274. The van der Waals surface area contributed by atoms with Crippen LogP contribution in [0.15, 0.2) is 0 Å². The smallest absolute Gasteiger partial charge is 0.341 e. The Labute approximate surface area is 109 Å². The molecule has 0 aliphatic carbocycles. The number of amides is 1. The fraction of sp³-hybridized carbons (Fsp3) is 0.909. The van der Waals surface area contributed by atoms with Crippen LogP contribution in [0.2, 0.25) is 0 Å². The van der Waals surface area contributed by atoms with Crippen molar-refractivity contribution in [2.45, 2.75) is 37.7 Å². The first kappa shape index (κ1) is 15.6. The van der Waals surface area contributed by atoms with Gasteiger partial charge in [0.25, 0.3) is 0 Å². The normalized spacial score (nSPS) is 21.4. The highest BCUT2D eigenvalue weighted by atomic mass is 32.2. The van der Waals surface area contributed by atoms with Crippen LogP contribution < -0.4 is 5.32 Å². The molecule has 1 N–H and O–H groups in total. The van der Waals surface area contributed by atoms with Gasteiger partial charge in [-0.3, -0.25) is 4.79 Å². The second kappa shape index (κ2) is 7.23. The number of rotatable bonds is 6. The van der Waals surface area contributed by atoms with Crippen molar-refractivity contribution in [1.82, 2.24) is 10.2 Å². The third-order valence-corrected chi connectivity index (χ3v) is 3.51. The SMILES string of the molecule is CCCNC1CCCN(CCSC(F)(F)F)C1=O. The van der Waals surface area contributed by atoms with E-state index in [0.29, 0.717) is 6.54 Å². The molecule has 3 nitrogen and oxygen atoms in total. The molecule has 0 aromatic carbocycles. The summed E-state index contributed by atoms with van der Waals surface area (Å²) in [5.74, 6) is -0.145. The fourth-order valence-corrected chi connectivity index (χ4v) is 2.48. The van der Waals surface area contributed by atoms with Crippen LogP contribution in [0.5, 0.6) is 0 Å². The molecule has 18 heavy (non-hydrogen) atoms. The highest BCUT2D eigenvalue weighted by Gasteiger charge is 2.31. The first-order valence-corrected chi connectivity index (χ1v) is 7.15. The second-order valence-corrected chi connectivity index (χ2v) is 5.43. The van der Waals surface area contributed by atoms with Gasteiger partial charge in [-0.15, -0.1) is 0 Å². The molecule has 0 bridgehead atoms.